The number of aromatic nitrogens is 2. The maximum absolute atomic E-state index is 11.8. The van der Waals surface area contributed by atoms with E-state index in [2.05, 4.69) is 9.97 Å². The van der Waals surface area contributed by atoms with Crippen molar-refractivity contribution in [2.45, 2.75) is 26.2 Å². The highest BCUT2D eigenvalue weighted by atomic mass is 16.5. The molecule has 0 radical (unpaired) electrons. The summed E-state index contributed by atoms with van der Waals surface area (Å²) in [5.41, 5.74) is 8.69. The number of nitrogens with two attached hydrogens (primary N) is 1. The highest BCUT2D eigenvalue weighted by Crippen LogP contribution is 2.35. The first-order valence-electron chi connectivity index (χ1n) is 6.05. The number of fused-ring (bicyclic) bond motifs is 3. The quantitative estimate of drug-likeness (QED) is 0.799. The first-order valence-corrected chi connectivity index (χ1v) is 6.05. The van der Waals surface area contributed by atoms with E-state index in [1.54, 1.807) is 6.20 Å². The van der Waals surface area contributed by atoms with Gasteiger partial charge < -0.3 is 15.5 Å². The highest BCUT2D eigenvalue weighted by molar-refractivity contribution is 5.90. The third kappa shape index (κ3) is 1.40. The Bertz CT molecular complexity index is 689. The molecule has 0 saturated carbocycles. The predicted octanol–water partition coefficient (Wildman–Crippen LogP) is 1.56. The van der Waals surface area contributed by atoms with Gasteiger partial charge in [0.1, 0.15) is 5.69 Å². The lowest BCUT2D eigenvalue weighted by molar-refractivity contribution is 0.345. The average Bonchev–Trinajstić information content (AvgIpc) is 2.78. The molecule has 0 saturated heterocycles. The Hall–Kier alpha value is -2.04. The molecule has 5 heteroatoms. The van der Waals surface area contributed by atoms with Crippen LogP contribution in [0.25, 0.3) is 10.9 Å². The number of anilines is 1. The van der Waals surface area contributed by atoms with E-state index < -0.39 is 0 Å². The molecule has 2 aromatic heterocycles. The number of pyridine rings is 2. The van der Waals surface area contributed by atoms with Gasteiger partial charge in [0.05, 0.1) is 18.3 Å². The fraction of sp³-hybridized carbons (Fsp3) is 0.385. The summed E-state index contributed by atoms with van der Waals surface area (Å²) in [4.78, 5) is 18.8. The van der Waals surface area contributed by atoms with E-state index in [4.69, 9.17) is 10.5 Å². The third-order valence-corrected chi connectivity index (χ3v) is 3.36. The Morgan fingerprint density at radius 1 is 1.50 bits per heavy atom. The smallest absolute Gasteiger partial charge is 0.271 e. The van der Waals surface area contributed by atoms with Crippen molar-refractivity contribution >= 4 is 16.6 Å². The summed E-state index contributed by atoms with van der Waals surface area (Å²) in [7, 11) is 0. The first kappa shape index (κ1) is 11.1. The summed E-state index contributed by atoms with van der Waals surface area (Å²) >= 11 is 0. The summed E-state index contributed by atoms with van der Waals surface area (Å²) in [6, 6.07) is 0. The van der Waals surface area contributed by atoms with Gasteiger partial charge in [-0.2, -0.15) is 0 Å². The van der Waals surface area contributed by atoms with Crippen molar-refractivity contribution < 1.29 is 4.74 Å². The molecule has 3 N–H and O–H groups in total. The van der Waals surface area contributed by atoms with Gasteiger partial charge in [-0.05, 0) is 11.5 Å². The molecule has 5 nitrogen and oxygen atoms in total. The van der Waals surface area contributed by atoms with E-state index in [9.17, 15) is 4.79 Å². The van der Waals surface area contributed by atoms with Crippen molar-refractivity contribution in [2.75, 3.05) is 12.3 Å². The number of hydrogen-bond donors (Lipinski definition) is 2. The van der Waals surface area contributed by atoms with E-state index in [0.29, 0.717) is 18.2 Å². The normalized spacial score (nSPS) is 13.9. The van der Waals surface area contributed by atoms with E-state index >= 15 is 0 Å². The predicted molar refractivity (Wildman–Crippen MR) is 70.1 cm³/mol. The fourth-order valence-corrected chi connectivity index (χ4v) is 2.59. The Morgan fingerprint density at radius 3 is 3.00 bits per heavy atom. The van der Waals surface area contributed by atoms with Crippen LogP contribution in [0.1, 0.15) is 30.9 Å². The van der Waals surface area contributed by atoms with Gasteiger partial charge in [0.2, 0.25) is 5.88 Å². The Balaban J connectivity index is 2.51. The van der Waals surface area contributed by atoms with Gasteiger partial charge in [0.15, 0.2) is 0 Å². The molecule has 0 bridgehead atoms. The number of ether oxygens (including phenoxy) is 1. The highest BCUT2D eigenvalue weighted by Gasteiger charge is 2.22. The van der Waals surface area contributed by atoms with Crippen molar-refractivity contribution in [3.8, 4) is 5.88 Å². The number of nitrogens with one attached hydrogen (secondary N) is 1. The minimum Gasteiger partial charge on any atom is -0.477 e. The van der Waals surface area contributed by atoms with Crippen LogP contribution in [0.2, 0.25) is 0 Å². The van der Waals surface area contributed by atoms with Crippen LogP contribution in [0.5, 0.6) is 5.88 Å². The lowest BCUT2D eigenvalue weighted by Crippen LogP contribution is -2.16. The second-order valence-electron chi connectivity index (χ2n) is 4.87. The molecule has 0 unspecified atom stereocenters. The Labute approximate surface area is 104 Å². The molecule has 0 amide bonds. The topological polar surface area (TPSA) is 81.0 Å². The largest absolute Gasteiger partial charge is 0.477 e. The summed E-state index contributed by atoms with van der Waals surface area (Å²) in [6.07, 6.45) is 2.46. The van der Waals surface area contributed by atoms with Crippen LogP contribution in [0.4, 0.5) is 5.69 Å². The summed E-state index contributed by atoms with van der Waals surface area (Å²) < 4.78 is 5.47. The zero-order valence-corrected chi connectivity index (χ0v) is 10.4. The second-order valence-corrected chi connectivity index (χ2v) is 4.87. The molecule has 0 aliphatic carbocycles. The lowest BCUT2D eigenvalue weighted by atomic mass is 9.94. The van der Waals surface area contributed by atoms with E-state index in [1.165, 1.54) is 0 Å². The Morgan fingerprint density at radius 2 is 2.28 bits per heavy atom. The first-order chi connectivity index (χ1) is 8.59. The van der Waals surface area contributed by atoms with Crippen molar-refractivity contribution in [3.05, 3.63) is 27.7 Å². The minimum absolute atomic E-state index is 0.182. The summed E-state index contributed by atoms with van der Waals surface area (Å²) in [5.74, 6) is 0.845. The molecule has 1 aliphatic rings. The SMILES string of the molecule is CC(C)c1c(N)c(=O)[nH]c2cnc3c(c12)CCO3. The van der Waals surface area contributed by atoms with Crippen LogP contribution in [0.15, 0.2) is 11.0 Å². The molecule has 0 spiro atoms. The second kappa shape index (κ2) is 3.73. The molecule has 18 heavy (non-hydrogen) atoms. The molecule has 0 atom stereocenters. The van der Waals surface area contributed by atoms with Crippen molar-refractivity contribution in [2.24, 2.45) is 0 Å². The van der Waals surface area contributed by atoms with Crippen LogP contribution in [0, 0.1) is 0 Å². The zero-order chi connectivity index (χ0) is 12.9. The monoisotopic (exact) mass is 245 g/mol. The summed E-state index contributed by atoms with van der Waals surface area (Å²) in [5, 5.41) is 1.00. The van der Waals surface area contributed by atoms with Gasteiger partial charge in [-0.1, -0.05) is 13.8 Å². The van der Waals surface area contributed by atoms with Crippen LogP contribution in [-0.2, 0) is 6.42 Å². The molecule has 0 fully saturated rings. The summed E-state index contributed by atoms with van der Waals surface area (Å²) in [6.45, 7) is 4.71. The number of nitrogens with zero attached hydrogens (tertiary/aromatic N) is 1. The van der Waals surface area contributed by atoms with Crippen LogP contribution >= 0.6 is 0 Å². The number of nitrogen functional groups attached to an aromatic ring is 1. The lowest BCUT2D eigenvalue weighted by Gasteiger charge is -2.14. The Kier molecular flexibility index (Phi) is 2.29. The van der Waals surface area contributed by atoms with E-state index in [0.717, 1.165) is 28.5 Å². The molecule has 1 aliphatic heterocycles. The van der Waals surface area contributed by atoms with Crippen LogP contribution in [-0.4, -0.2) is 16.6 Å². The molecule has 0 aromatic carbocycles. The number of hydrogen-bond acceptors (Lipinski definition) is 4. The van der Waals surface area contributed by atoms with Crippen LogP contribution < -0.4 is 16.0 Å². The van der Waals surface area contributed by atoms with Gasteiger partial charge >= 0.3 is 0 Å². The maximum Gasteiger partial charge on any atom is 0.271 e. The number of rotatable bonds is 1. The molecule has 3 rings (SSSR count). The van der Waals surface area contributed by atoms with E-state index in [-0.39, 0.29) is 11.5 Å². The van der Waals surface area contributed by atoms with Crippen molar-refractivity contribution in [1.82, 2.24) is 9.97 Å². The van der Waals surface area contributed by atoms with Gasteiger partial charge in [0, 0.05) is 17.4 Å². The molecular formula is C13H15N3O2. The van der Waals surface area contributed by atoms with E-state index in [1.807, 2.05) is 13.8 Å². The number of H-pyrrole nitrogens is 1. The number of aromatic amines is 1. The van der Waals surface area contributed by atoms with Gasteiger partial charge in [-0.3, -0.25) is 4.79 Å². The third-order valence-electron chi connectivity index (χ3n) is 3.36. The fourth-order valence-electron chi connectivity index (χ4n) is 2.59. The molecular weight excluding hydrogens is 230 g/mol. The van der Waals surface area contributed by atoms with Crippen LogP contribution in [0.3, 0.4) is 0 Å². The van der Waals surface area contributed by atoms with Crippen molar-refractivity contribution in [1.29, 1.82) is 0 Å². The average molecular weight is 245 g/mol. The molecule has 94 valence electrons. The van der Waals surface area contributed by atoms with Gasteiger partial charge in [0.25, 0.3) is 5.56 Å². The molecule has 3 heterocycles. The van der Waals surface area contributed by atoms with Gasteiger partial charge in [-0.15, -0.1) is 0 Å². The standard InChI is InChI=1S/C13H15N3O2/c1-6(2)9-10-7-3-4-18-13(7)15-5-8(10)16-12(17)11(9)14/h5-6H,3-4,14H2,1-2H3,(H,16,17). The van der Waals surface area contributed by atoms with Crippen molar-refractivity contribution in [3.63, 3.8) is 0 Å². The van der Waals surface area contributed by atoms with Gasteiger partial charge in [-0.25, -0.2) is 4.98 Å². The molecule has 2 aromatic rings. The zero-order valence-electron chi connectivity index (χ0n) is 10.4. The minimum atomic E-state index is -0.244. The maximum atomic E-state index is 11.8.